The number of carboxylic acids is 1. The molecule has 0 heterocycles. The van der Waals surface area contributed by atoms with Crippen molar-refractivity contribution in [3.05, 3.63) is 11.1 Å². The maximum atomic E-state index is 11.3. The molecule has 3 atom stereocenters. The fourth-order valence-corrected chi connectivity index (χ4v) is 4.99. The van der Waals surface area contributed by atoms with Crippen LogP contribution < -0.4 is 0 Å². The lowest BCUT2D eigenvalue weighted by molar-refractivity contribution is -0.132. The molecule has 0 aromatic carbocycles. The summed E-state index contributed by atoms with van der Waals surface area (Å²) in [5.74, 6) is 0.481. The van der Waals surface area contributed by atoms with Crippen molar-refractivity contribution in [3.63, 3.8) is 0 Å². The molecule has 2 saturated carbocycles. The molecule has 0 aromatic heterocycles. The zero-order valence-corrected chi connectivity index (χ0v) is 12.3. The Kier molecular flexibility index (Phi) is 3.11. The van der Waals surface area contributed by atoms with Gasteiger partial charge < -0.3 is 5.11 Å². The molecule has 2 aliphatic carbocycles. The molecule has 3 unspecified atom stereocenters. The Morgan fingerprint density at radius 1 is 1.33 bits per heavy atom. The second-order valence-electron chi connectivity index (χ2n) is 7.16. The summed E-state index contributed by atoms with van der Waals surface area (Å²) < 4.78 is 0. The third kappa shape index (κ3) is 1.72. The Morgan fingerprint density at radius 3 is 2.33 bits per heavy atom. The zero-order valence-electron chi connectivity index (χ0n) is 12.3. The summed E-state index contributed by atoms with van der Waals surface area (Å²) in [6.45, 7) is 11.0. The second-order valence-corrected chi connectivity index (χ2v) is 7.16. The minimum absolute atomic E-state index is 0.259. The van der Waals surface area contributed by atoms with Crippen molar-refractivity contribution in [1.82, 2.24) is 0 Å². The molecule has 1 N–H and O–H groups in total. The number of carbonyl (C=O) groups is 1. The molecule has 0 radical (unpaired) electrons. The van der Waals surface area contributed by atoms with E-state index in [4.69, 9.17) is 0 Å². The Morgan fingerprint density at radius 2 is 1.94 bits per heavy atom. The maximum absolute atomic E-state index is 11.3. The summed E-state index contributed by atoms with van der Waals surface area (Å²) in [5.41, 5.74) is 2.37. The van der Waals surface area contributed by atoms with E-state index in [9.17, 15) is 9.90 Å². The van der Waals surface area contributed by atoms with E-state index >= 15 is 0 Å². The molecule has 2 heteroatoms. The Bertz CT molecular complexity index is 401. The first-order valence-corrected chi connectivity index (χ1v) is 7.17. The minimum Gasteiger partial charge on any atom is -0.478 e. The van der Waals surface area contributed by atoms with E-state index in [0.717, 1.165) is 12.3 Å². The van der Waals surface area contributed by atoms with Crippen LogP contribution in [0.15, 0.2) is 11.1 Å². The Hall–Kier alpha value is -0.790. The van der Waals surface area contributed by atoms with Gasteiger partial charge in [0.05, 0.1) is 0 Å². The van der Waals surface area contributed by atoms with Gasteiger partial charge in [0.25, 0.3) is 0 Å². The summed E-state index contributed by atoms with van der Waals surface area (Å²) in [6, 6.07) is 0. The van der Waals surface area contributed by atoms with Crippen LogP contribution in [-0.4, -0.2) is 11.1 Å². The van der Waals surface area contributed by atoms with Crippen molar-refractivity contribution < 1.29 is 9.90 Å². The van der Waals surface area contributed by atoms with Crippen LogP contribution in [0.2, 0.25) is 0 Å². The van der Waals surface area contributed by atoms with E-state index in [-0.39, 0.29) is 5.41 Å². The molecule has 2 aliphatic rings. The first-order chi connectivity index (χ1) is 8.24. The van der Waals surface area contributed by atoms with Gasteiger partial charge in [0, 0.05) is 5.57 Å². The predicted octanol–water partition coefficient (Wildman–Crippen LogP) is 4.26. The molecule has 0 amide bonds. The van der Waals surface area contributed by atoms with Crippen LogP contribution >= 0.6 is 0 Å². The number of hydrogen-bond acceptors (Lipinski definition) is 1. The molecule has 0 aromatic rings. The first-order valence-electron chi connectivity index (χ1n) is 7.17. The van der Waals surface area contributed by atoms with E-state index < -0.39 is 5.97 Å². The predicted molar refractivity (Wildman–Crippen MR) is 73.3 cm³/mol. The molecule has 0 spiro atoms. The van der Waals surface area contributed by atoms with Gasteiger partial charge in [-0.1, -0.05) is 33.3 Å². The van der Waals surface area contributed by atoms with Gasteiger partial charge in [-0.25, -0.2) is 4.79 Å². The smallest absolute Gasteiger partial charge is 0.331 e. The largest absolute Gasteiger partial charge is 0.478 e. The fraction of sp³-hybridized carbons (Fsp3) is 0.812. The summed E-state index contributed by atoms with van der Waals surface area (Å²) in [5, 5.41) is 9.31. The Labute approximate surface area is 110 Å². The lowest BCUT2D eigenvalue weighted by Crippen LogP contribution is -2.37. The average Bonchev–Trinajstić information content (AvgIpc) is 2.74. The first kappa shape index (κ1) is 13.6. The normalized spacial score (nSPS) is 38.7. The highest BCUT2D eigenvalue weighted by atomic mass is 16.4. The SMILES string of the molecule is CCC(=C(C)C(=O)O)C1C2(C)CCC(C2)C1(C)C. The summed E-state index contributed by atoms with van der Waals surface area (Å²) in [6.07, 6.45) is 4.74. The zero-order chi connectivity index (χ0) is 13.7. The van der Waals surface area contributed by atoms with E-state index in [1.54, 1.807) is 6.92 Å². The van der Waals surface area contributed by atoms with Crippen molar-refractivity contribution in [2.45, 2.75) is 60.3 Å². The highest BCUT2D eigenvalue weighted by molar-refractivity contribution is 5.87. The number of aliphatic carboxylic acids is 1. The van der Waals surface area contributed by atoms with Crippen molar-refractivity contribution in [2.75, 3.05) is 0 Å². The van der Waals surface area contributed by atoms with Gasteiger partial charge in [0.15, 0.2) is 0 Å². The standard InChI is InChI=1S/C16H26O2/c1-6-12(10(2)14(17)18)13-15(3,4)11-7-8-16(13,5)9-11/h11,13H,6-9H2,1-5H3,(H,17,18). The van der Waals surface area contributed by atoms with Crippen LogP contribution in [0.4, 0.5) is 0 Å². The topological polar surface area (TPSA) is 37.3 Å². The third-order valence-corrected chi connectivity index (χ3v) is 5.80. The molecule has 2 rings (SSSR count). The van der Waals surface area contributed by atoms with Gasteiger partial charge in [-0.2, -0.15) is 0 Å². The molecule has 2 fully saturated rings. The highest BCUT2D eigenvalue weighted by Gasteiger charge is 2.60. The number of fused-ring (bicyclic) bond motifs is 2. The van der Waals surface area contributed by atoms with Crippen LogP contribution in [0.25, 0.3) is 0 Å². The number of rotatable bonds is 3. The van der Waals surface area contributed by atoms with Crippen LogP contribution in [-0.2, 0) is 4.79 Å². The summed E-state index contributed by atoms with van der Waals surface area (Å²) >= 11 is 0. The lowest BCUT2D eigenvalue weighted by atomic mass is 9.60. The van der Waals surface area contributed by atoms with Gasteiger partial charge in [0.2, 0.25) is 0 Å². The lowest BCUT2D eigenvalue weighted by Gasteiger charge is -2.44. The van der Waals surface area contributed by atoms with Gasteiger partial charge >= 0.3 is 5.97 Å². The molecule has 102 valence electrons. The van der Waals surface area contributed by atoms with Gasteiger partial charge in [-0.3, -0.25) is 0 Å². The van der Waals surface area contributed by atoms with Crippen molar-refractivity contribution in [2.24, 2.45) is 22.7 Å². The van der Waals surface area contributed by atoms with Gasteiger partial charge in [-0.05, 0) is 55.3 Å². The minimum atomic E-state index is -0.742. The Balaban J connectivity index is 2.49. The summed E-state index contributed by atoms with van der Waals surface area (Å²) in [7, 11) is 0. The average molecular weight is 250 g/mol. The van der Waals surface area contributed by atoms with E-state index in [1.165, 1.54) is 24.8 Å². The monoisotopic (exact) mass is 250 g/mol. The third-order valence-electron chi connectivity index (χ3n) is 5.80. The van der Waals surface area contributed by atoms with E-state index in [0.29, 0.717) is 16.9 Å². The van der Waals surface area contributed by atoms with Crippen LogP contribution in [0.5, 0.6) is 0 Å². The molecular weight excluding hydrogens is 224 g/mol. The second kappa shape index (κ2) is 4.11. The van der Waals surface area contributed by atoms with Crippen LogP contribution in [0, 0.1) is 22.7 Å². The molecule has 0 aliphatic heterocycles. The fourth-order valence-electron chi connectivity index (χ4n) is 4.99. The van der Waals surface area contributed by atoms with E-state index in [1.807, 2.05) is 0 Å². The maximum Gasteiger partial charge on any atom is 0.331 e. The van der Waals surface area contributed by atoms with Crippen LogP contribution in [0.1, 0.15) is 60.3 Å². The van der Waals surface area contributed by atoms with Crippen molar-refractivity contribution in [3.8, 4) is 0 Å². The van der Waals surface area contributed by atoms with Gasteiger partial charge in [0.1, 0.15) is 0 Å². The quantitative estimate of drug-likeness (QED) is 0.760. The molecule has 2 bridgehead atoms. The number of carboxylic acid groups (broad SMARTS) is 1. The van der Waals surface area contributed by atoms with E-state index in [2.05, 4.69) is 27.7 Å². The highest BCUT2D eigenvalue weighted by Crippen LogP contribution is 2.68. The van der Waals surface area contributed by atoms with Crippen molar-refractivity contribution >= 4 is 5.97 Å². The molecule has 18 heavy (non-hydrogen) atoms. The number of allylic oxidation sites excluding steroid dienone is 1. The molecule has 0 saturated heterocycles. The molecule has 2 nitrogen and oxygen atoms in total. The van der Waals surface area contributed by atoms with Crippen molar-refractivity contribution in [1.29, 1.82) is 0 Å². The van der Waals surface area contributed by atoms with Gasteiger partial charge in [-0.15, -0.1) is 0 Å². The van der Waals surface area contributed by atoms with Crippen LogP contribution in [0.3, 0.4) is 0 Å². The number of hydrogen-bond donors (Lipinski definition) is 1. The summed E-state index contributed by atoms with van der Waals surface area (Å²) in [4.78, 5) is 11.3. The molecular formula is C16H26O2.